The maximum absolute atomic E-state index is 12.5. The van der Waals surface area contributed by atoms with Crippen LogP contribution in [-0.4, -0.2) is 17.5 Å². The van der Waals surface area contributed by atoms with Gasteiger partial charge < -0.3 is 15.0 Å². The van der Waals surface area contributed by atoms with Crippen LogP contribution in [0.25, 0.3) is 27.9 Å². The quantitative estimate of drug-likeness (QED) is 0.358. The molecule has 1 heterocycles. The molecule has 0 spiro atoms. The molecule has 0 aliphatic heterocycles. The Hall–Kier alpha value is -3.53. The van der Waals surface area contributed by atoms with Crippen LogP contribution in [0.3, 0.4) is 0 Å². The van der Waals surface area contributed by atoms with Crippen LogP contribution in [0.5, 0.6) is 5.75 Å². The molecule has 1 amide bonds. The Bertz CT molecular complexity index is 1220. The molecular weight excluding hydrogens is 372 g/mol. The van der Waals surface area contributed by atoms with Gasteiger partial charge in [0.2, 0.25) is 5.91 Å². The first-order valence-electron chi connectivity index (χ1n) is 10.4. The van der Waals surface area contributed by atoms with Crippen LogP contribution in [0.2, 0.25) is 0 Å². The highest BCUT2D eigenvalue weighted by Gasteiger charge is 2.08. The fraction of sp³-hybridized carbons (Fsp3) is 0.192. The molecule has 4 heteroatoms. The van der Waals surface area contributed by atoms with Crippen molar-refractivity contribution in [1.82, 2.24) is 4.98 Å². The van der Waals surface area contributed by atoms with Crippen molar-refractivity contribution in [1.29, 1.82) is 0 Å². The average Bonchev–Trinajstić information content (AvgIpc) is 3.14. The highest BCUT2D eigenvalue weighted by Crippen LogP contribution is 2.29. The van der Waals surface area contributed by atoms with E-state index in [2.05, 4.69) is 48.4 Å². The van der Waals surface area contributed by atoms with Crippen molar-refractivity contribution in [3.63, 3.8) is 0 Å². The van der Waals surface area contributed by atoms with Crippen LogP contribution in [-0.2, 0) is 11.2 Å². The monoisotopic (exact) mass is 398 g/mol. The van der Waals surface area contributed by atoms with Crippen molar-refractivity contribution >= 4 is 39.5 Å². The minimum atomic E-state index is -0.176. The van der Waals surface area contributed by atoms with Crippen molar-refractivity contribution in [2.45, 2.75) is 26.7 Å². The van der Waals surface area contributed by atoms with E-state index >= 15 is 0 Å². The second kappa shape index (κ2) is 8.87. The normalized spacial score (nSPS) is 11.4. The molecule has 152 valence electrons. The number of hydrogen-bond donors (Lipinski definition) is 2. The number of aromatic amines is 1. The van der Waals surface area contributed by atoms with E-state index in [0.29, 0.717) is 6.61 Å². The lowest BCUT2D eigenvalue weighted by Crippen LogP contribution is -2.07. The van der Waals surface area contributed by atoms with Crippen molar-refractivity contribution in [2.24, 2.45) is 0 Å². The lowest BCUT2D eigenvalue weighted by Gasteiger charge is -2.07. The third-order valence-electron chi connectivity index (χ3n) is 5.16. The van der Waals surface area contributed by atoms with E-state index in [1.165, 1.54) is 16.5 Å². The van der Waals surface area contributed by atoms with E-state index in [4.69, 9.17) is 4.74 Å². The Balaban J connectivity index is 1.53. The standard InChI is InChI=1S/C26H26N2O2/c1-3-16-30-24-11-6-5-8-19(24)12-15-25(29)27-20-13-14-21-22-10-7-9-18(4-2)26(22)28-23(21)17-20/h5-15,17,28H,3-4,16H2,1-2H3,(H,27,29)/b15-12+. The Morgan fingerprint density at radius 2 is 1.90 bits per heavy atom. The molecule has 2 N–H and O–H groups in total. The Kier molecular flexibility index (Phi) is 5.84. The summed E-state index contributed by atoms with van der Waals surface area (Å²) in [6.45, 7) is 4.88. The zero-order valence-corrected chi connectivity index (χ0v) is 17.4. The van der Waals surface area contributed by atoms with E-state index in [-0.39, 0.29) is 5.91 Å². The number of carbonyl (C=O) groups is 1. The van der Waals surface area contributed by atoms with Crippen LogP contribution >= 0.6 is 0 Å². The number of amides is 1. The summed E-state index contributed by atoms with van der Waals surface area (Å²) in [5, 5.41) is 5.33. The maximum atomic E-state index is 12.5. The number of hydrogen-bond acceptors (Lipinski definition) is 2. The molecule has 0 atom stereocenters. The molecule has 0 fully saturated rings. The second-order valence-corrected chi connectivity index (χ2v) is 7.29. The van der Waals surface area contributed by atoms with E-state index in [0.717, 1.165) is 40.7 Å². The Morgan fingerprint density at radius 3 is 2.73 bits per heavy atom. The van der Waals surface area contributed by atoms with Gasteiger partial charge in [-0.25, -0.2) is 0 Å². The molecular formula is C26H26N2O2. The zero-order valence-electron chi connectivity index (χ0n) is 17.4. The molecule has 0 saturated carbocycles. The van der Waals surface area contributed by atoms with Crippen molar-refractivity contribution in [3.05, 3.63) is 77.9 Å². The van der Waals surface area contributed by atoms with Crippen LogP contribution in [0.15, 0.2) is 66.7 Å². The molecule has 0 aliphatic rings. The van der Waals surface area contributed by atoms with Gasteiger partial charge in [0.25, 0.3) is 0 Å². The molecule has 0 aliphatic carbocycles. The fourth-order valence-electron chi connectivity index (χ4n) is 3.67. The number of fused-ring (bicyclic) bond motifs is 3. The highest BCUT2D eigenvalue weighted by molar-refractivity contribution is 6.10. The molecule has 4 nitrogen and oxygen atoms in total. The topological polar surface area (TPSA) is 54.1 Å². The van der Waals surface area contributed by atoms with Crippen LogP contribution in [0.1, 0.15) is 31.4 Å². The number of aryl methyl sites for hydroxylation is 1. The summed E-state index contributed by atoms with van der Waals surface area (Å²) in [4.78, 5) is 16.0. The van der Waals surface area contributed by atoms with Crippen molar-refractivity contribution in [2.75, 3.05) is 11.9 Å². The minimum absolute atomic E-state index is 0.176. The van der Waals surface area contributed by atoms with Gasteiger partial charge in [0.15, 0.2) is 0 Å². The minimum Gasteiger partial charge on any atom is -0.493 e. The first-order chi connectivity index (χ1) is 14.7. The highest BCUT2D eigenvalue weighted by atomic mass is 16.5. The summed E-state index contributed by atoms with van der Waals surface area (Å²) >= 11 is 0. The first-order valence-corrected chi connectivity index (χ1v) is 10.4. The van der Waals surface area contributed by atoms with Gasteiger partial charge in [0, 0.05) is 39.1 Å². The van der Waals surface area contributed by atoms with Gasteiger partial charge in [0.05, 0.1) is 6.61 Å². The third kappa shape index (κ3) is 4.08. The number of para-hydroxylation sites is 2. The van der Waals surface area contributed by atoms with Gasteiger partial charge >= 0.3 is 0 Å². The van der Waals surface area contributed by atoms with Gasteiger partial charge in [-0.05, 0) is 42.7 Å². The average molecular weight is 399 g/mol. The molecule has 0 bridgehead atoms. The van der Waals surface area contributed by atoms with Gasteiger partial charge in [-0.1, -0.05) is 56.3 Å². The van der Waals surface area contributed by atoms with Gasteiger partial charge in [-0.2, -0.15) is 0 Å². The Labute approximate surface area is 176 Å². The molecule has 0 saturated heterocycles. The number of aromatic nitrogens is 1. The second-order valence-electron chi connectivity index (χ2n) is 7.29. The maximum Gasteiger partial charge on any atom is 0.248 e. The van der Waals surface area contributed by atoms with Gasteiger partial charge in [-0.3, -0.25) is 4.79 Å². The fourth-order valence-corrected chi connectivity index (χ4v) is 3.67. The molecule has 30 heavy (non-hydrogen) atoms. The molecule has 4 rings (SSSR count). The van der Waals surface area contributed by atoms with Crippen LogP contribution < -0.4 is 10.1 Å². The summed E-state index contributed by atoms with van der Waals surface area (Å²) < 4.78 is 5.75. The van der Waals surface area contributed by atoms with Crippen LogP contribution in [0.4, 0.5) is 5.69 Å². The SMILES string of the molecule is CCCOc1ccccc1/C=C/C(=O)Nc1ccc2c(c1)[nH]c1c(CC)cccc12. The molecule has 3 aromatic carbocycles. The summed E-state index contributed by atoms with van der Waals surface area (Å²) in [5.41, 5.74) is 5.13. The van der Waals surface area contributed by atoms with Crippen LogP contribution in [0, 0.1) is 0 Å². The number of H-pyrrole nitrogens is 1. The number of rotatable bonds is 7. The smallest absolute Gasteiger partial charge is 0.248 e. The lowest BCUT2D eigenvalue weighted by molar-refractivity contribution is -0.111. The van der Waals surface area contributed by atoms with E-state index in [1.54, 1.807) is 12.2 Å². The van der Waals surface area contributed by atoms with Crippen molar-refractivity contribution in [3.8, 4) is 5.75 Å². The summed E-state index contributed by atoms with van der Waals surface area (Å²) in [6, 6.07) is 20.1. The summed E-state index contributed by atoms with van der Waals surface area (Å²) in [6.07, 6.45) is 5.24. The molecule has 0 unspecified atom stereocenters. The first kappa shape index (κ1) is 19.8. The number of ether oxygens (including phenoxy) is 1. The number of carbonyl (C=O) groups excluding carboxylic acids is 1. The zero-order chi connectivity index (χ0) is 20.9. The van der Waals surface area contributed by atoms with Crippen molar-refractivity contribution < 1.29 is 9.53 Å². The lowest BCUT2D eigenvalue weighted by atomic mass is 10.1. The van der Waals surface area contributed by atoms with Gasteiger partial charge in [0.1, 0.15) is 5.75 Å². The summed E-state index contributed by atoms with van der Waals surface area (Å²) in [5.74, 6) is 0.611. The van der Waals surface area contributed by atoms with E-state index in [9.17, 15) is 4.79 Å². The molecule has 0 radical (unpaired) electrons. The van der Waals surface area contributed by atoms with E-state index < -0.39 is 0 Å². The predicted octanol–water partition coefficient (Wildman–Crippen LogP) is 6.32. The summed E-state index contributed by atoms with van der Waals surface area (Å²) in [7, 11) is 0. The third-order valence-corrected chi connectivity index (χ3v) is 5.16. The van der Waals surface area contributed by atoms with Gasteiger partial charge in [-0.15, -0.1) is 0 Å². The largest absolute Gasteiger partial charge is 0.493 e. The number of anilines is 1. The van der Waals surface area contributed by atoms with E-state index in [1.807, 2.05) is 36.4 Å². The Morgan fingerprint density at radius 1 is 1.03 bits per heavy atom. The number of nitrogens with one attached hydrogen (secondary N) is 2. The number of benzene rings is 3. The molecule has 4 aromatic rings. The predicted molar refractivity (Wildman–Crippen MR) is 125 cm³/mol. The molecule has 1 aromatic heterocycles.